The van der Waals surface area contributed by atoms with E-state index in [-0.39, 0.29) is 5.78 Å². The second kappa shape index (κ2) is 6.29. The van der Waals surface area contributed by atoms with Crippen LogP contribution in [-0.4, -0.2) is 35.3 Å². The van der Waals surface area contributed by atoms with Gasteiger partial charge in [-0.25, -0.2) is 20.4 Å². The minimum Gasteiger partial charge on any atom is -0.477 e. The van der Waals surface area contributed by atoms with E-state index in [0.29, 0.717) is 6.21 Å². The third-order valence-electron chi connectivity index (χ3n) is 0.754. The Bertz CT molecular complexity index is 268. The lowest BCUT2D eigenvalue weighted by Crippen LogP contribution is -2.29. The number of carboxylic acids is 1. The summed E-state index contributed by atoms with van der Waals surface area (Å²) in [5.74, 6) is -1.63. The molecule has 0 aromatic carbocycles. The van der Waals surface area contributed by atoms with Gasteiger partial charge in [-0.1, -0.05) is 0 Å². The van der Waals surface area contributed by atoms with Gasteiger partial charge in [-0.3, -0.25) is 4.79 Å². The normalized spacial score (nSPS) is 10.4. The SMILES string of the molecule is CC(=O)/C=N/NC(=O)N/N=C/C(=O)O. The first kappa shape index (κ1) is 11.8. The van der Waals surface area contributed by atoms with Gasteiger partial charge in [0.1, 0.15) is 6.21 Å². The molecule has 8 nitrogen and oxygen atoms in total. The van der Waals surface area contributed by atoms with Crippen molar-refractivity contribution in [3.8, 4) is 0 Å². The van der Waals surface area contributed by atoms with Crippen LogP contribution in [0.5, 0.6) is 0 Å². The standard InChI is InChI=1S/C6H8N4O4/c1-4(11)2-7-9-6(14)10-8-3-5(12)13/h2-3H,1H3,(H,12,13)(H2,9,10,14)/b7-2+,8-3+. The fraction of sp³-hybridized carbons (Fsp3) is 0.167. The zero-order valence-corrected chi connectivity index (χ0v) is 7.22. The van der Waals surface area contributed by atoms with E-state index in [4.69, 9.17) is 5.11 Å². The van der Waals surface area contributed by atoms with Crippen molar-refractivity contribution >= 4 is 30.2 Å². The molecule has 14 heavy (non-hydrogen) atoms. The maximum atomic E-state index is 10.7. The predicted octanol–water partition coefficient (Wildman–Crippen LogP) is -1.07. The zero-order chi connectivity index (χ0) is 11.0. The molecule has 0 aliphatic carbocycles. The van der Waals surface area contributed by atoms with Gasteiger partial charge in [-0.2, -0.15) is 10.2 Å². The smallest absolute Gasteiger partial charge is 0.355 e. The van der Waals surface area contributed by atoms with Crippen molar-refractivity contribution in [2.24, 2.45) is 10.2 Å². The molecule has 0 unspecified atom stereocenters. The molecule has 0 heterocycles. The van der Waals surface area contributed by atoms with Gasteiger partial charge in [0, 0.05) is 6.92 Å². The van der Waals surface area contributed by atoms with Crippen molar-refractivity contribution in [2.45, 2.75) is 6.92 Å². The van der Waals surface area contributed by atoms with Crippen LogP contribution in [0.3, 0.4) is 0 Å². The largest absolute Gasteiger partial charge is 0.477 e. The molecule has 0 spiro atoms. The summed E-state index contributed by atoms with van der Waals surface area (Å²) in [7, 11) is 0. The first-order valence-corrected chi connectivity index (χ1v) is 3.38. The van der Waals surface area contributed by atoms with Gasteiger partial charge in [0.05, 0.1) is 6.21 Å². The van der Waals surface area contributed by atoms with Crippen LogP contribution in [0, 0.1) is 0 Å². The molecular weight excluding hydrogens is 192 g/mol. The van der Waals surface area contributed by atoms with Crippen molar-refractivity contribution in [1.29, 1.82) is 0 Å². The Labute approximate surface area is 78.7 Å². The molecule has 3 N–H and O–H groups in total. The first-order chi connectivity index (χ1) is 6.52. The molecule has 0 rings (SSSR count). The average Bonchev–Trinajstić information content (AvgIpc) is 2.02. The number of urea groups is 1. The zero-order valence-electron chi connectivity index (χ0n) is 7.22. The second-order valence-corrected chi connectivity index (χ2v) is 2.02. The van der Waals surface area contributed by atoms with Crippen LogP contribution in [0.25, 0.3) is 0 Å². The topological polar surface area (TPSA) is 120 Å². The number of amides is 2. The number of ketones is 1. The van der Waals surface area contributed by atoms with Crippen LogP contribution < -0.4 is 10.9 Å². The summed E-state index contributed by atoms with van der Waals surface area (Å²) in [6, 6.07) is -0.847. The maximum absolute atomic E-state index is 10.7. The number of rotatable bonds is 4. The van der Waals surface area contributed by atoms with Gasteiger partial charge >= 0.3 is 12.0 Å². The molecule has 0 bridgehead atoms. The van der Waals surface area contributed by atoms with Crippen molar-refractivity contribution in [1.82, 2.24) is 10.9 Å². The Morgan fingerprint density at radius 3 is 2.07 bits per heavy atom. The number of hydrogen-bond acceptors (Lipinski definition) is 5. The first-order valence-electron chi connectivity index (χ1n) is 3.38. The molecule has 76 valence electrons. The molecule has 8 heteroatoms. The summed E-state index contributed by atoms with van der Waals surface area (Å²) < 4.78 is 0. The summed E-state index contributed by atoms with van der Waals surface area (Å²) in [5, 5.41) is 14.3. The Kier molecular flexibility index (Phi) is 5.28. The Morgan fingerprint density at radius 2 is 1.64 bits per heavy atom. The van der Waals surface area contributed by atoms with E-state index < -0.39 is 12.0 Å². The molecule has 0 radical (unpaired) electrons. The van der Waals surface area contributed by atoms with Gasteiger partial charge in [0.2, 0.25) is 0 Å². The molecule has 0 fully saturated rings. The Morgan fingerprint density at radius 1 is 1.14 bits per heavy atom. The summed E-state index contributed by atoms with van der Waals surface area (Å²) in [4.78, 5) is 30.8. The fourth-order valence-corrected chi connectivity index (χ4v) is 0.353. The monoisotopic (exact) mass is 200 g/mol. The maximum Gasteiger partial charge on any atom is 0.355 e. The van der Waals surface area contributed by atoms with E-state index >= 15 is 0 Å². The molecule has 2 amide bonds. The minimum atomic E-state index is -1.29. The van der Waals surface area contributed by atoms with Gasteiger partial charge < -0.3 is 5.11 Å². The van der Waals surface area contributed by atoms with Gasteiger partial charge in [-0.05, 0) is 0 Å². The number of carbonyl (C=O) groups is 3. The van der Waals surface area contributed by atoms with E-state index in [2.05, 4.69) is 10.2 Å². The highest BCUT2D eigenvalue weighted by atomic mass is 16.4. The van der Waals surface area contributed by atoms with Crippen LogP contribution in [0.2, 0.25) is 0 Å². The Hall–Kier alpha value is -2.25. The number of carboxylic acid groups (broad SMARTS) is 1. The van der Waals surface area contributed by atoms with Gasteiger partial charge in [0.25, 0.3) is 0 Å². The summed E-state index contributed by atoms with van der Waals surface area (Å²) in [6.45, 7) is 1.26. The molecule has 0 aliphatic heterocycles. The third-order valence-corrected chi connectivity index (χ3v) is 0.754. The highest BCUT2D eigenvalue weighted by molar-refractivity contribution is 6.26. The molecule has 0 aliphatic rings. The minimum absolute atomic E-state index is 0.334. The lowest BCUT2D eigenvalue weighted by Gasteiger charge is -1.94. The van der Waals surface area contributed by atoms with Crippen LogP contribution in [-0.2, 0) is 9.59 Å². The fourth-order valence-electron chi connectivity index (χ4n) is 0.353. The number of nitrogens with zero attached hydrogens (tertiary/aromatic N) is 2. The number of nitrogens with one attached hydrogen (secondary N) is 2. The van der Waals surface area contributed by atoms with Crippen LogP contribution in [0.1, 0.15) is 6.92 Å². The summed E-state index contributed by atoms with van der Waals surface area (Å²) in [6.07, 6.45) is 1.38. The molecule has 0 saturated heterocycles. The number of carbonyl (C=O) groups excluding carboxylic acids is 2. The second-order valence-electron chi connectivity index (χ2n) is 2.02. The van der Waals surface area contributed by atoms with Crippen molar-refractivity contribution < 1.29 is 19.5 Å². The van der Waals surface area contributed by atoms with E-state index in [9.17, 15) is 14.4 Å². The third kappa shape index (κ3) is 7.85. The van der Waals surface area contributed by atoms with E-state index in [1.54, 1.807) is 5.43 Å². The molecule has 0 aromatic heterocycles. The average molecular weight is 200 g/mol. The quantitative estimate of drug-likeness (QED) is 0.395. The summed E-state index contributed by atoms with van der Waals surface area (Å²) in [5.41, 5.74) is 3.68. The predicted molar refractivity (Wildman–Crippen MR) is 47.0 cm³/mol. The number of aliphatic carboxylic acids is 1. The summed E-state index contributed by atoms with van der Waals surface area (Å²) >= 11 is 0. The van der Waals surface area contributed by atoms with E-state index in [1.807, 2.05) is 5.43 Å². The van der Waals surface area contributed by atoms with Crippen molar-refractivity contribution in [2.75, 3.05) is 0 Å². The lowest BCUT2D eigenvalue weighted by atomic mass is 10.5. The highest BCUT2D eigenvalue weighted by Crippen LogP contribution is 1.66. The molecule has 0 saturated carbocycles. The Balaban J connectivity index is 3.77. The molecule has 0 aromatic rings. The van der Waals surface area contributed by atoms with Crippen LogP contribution >= 0.6 is 0 Å². The number of hydrazone groups is 2. The van der Waals surface area contributed by atoms with Crippen LogP contribution in [0.4, 0.5) is 4.79 Å². The van der Waals surface area contributed by atoms with Gasteiger partial charge in [0.15, 0.2) is 5.78 Å². The van der Waals surface area contributed by atoms with E-state index in [0.717, 1.165) is 6.21 Å². The van der Waals surface area contributed by atoms with Crippen LogP contribution in [0.15, 0.2) is 10.2 Å². The highest BCUT2D eigenvalue weighted by Gasteiger charge is 1.94. The van der Waals surface area contributed by atoms with Crippen molar-refractivity contribution in [3.05, 3.63) is 0 Å². The number of hydrogen-bond donors (Lipinski definition) is 3. The molecule has 0 atom stereocenters. The number of Topliss-reactive ketones (excluding diaryl/α,β-unsaturated/α-hetero) is 1. The molecular formula is C6H8N4O4. The van der Waals surface area contributed by atoms with Crippen molar-refractivity contribution in [3.63, 3.8) is 0 Å². The van der Waals surface area contributed by atoms with E-state index in [1.165, 1.54) is 6.92 Å². The van der Waals surface area contributed by atoms with Gasteiger partial charge in [-0.15, -0.1) is 0 Å². The lowest BCUT2D eigenvalue weighted by molar-refractivity contribution is -0.128.